The van der Waals surface area contributed by atoms with Gasteiger partial charge in [0.05, 0.1) is 10.9 Å². The Balaban J connectivity index is 2.16. The van der Waals surface area contributed by atoms with Crippen LogP contribution in [0, 0.1) is 0 Å². The Morgan fingerprint density at radius 1 is 1.16 bits per heavy atom. The van der Waals surface area contributed by atoms with Crippen LogP contribution in [-0.4, -0.2) is 21.2 Å². The molecule has 94 valence electrons. The first-order valence-electron chi connectivity index (χ1n) is 5.57. The number of aromatic nitrogens is 1. The zero-order chi connectivity index (χ0) is 13.4. The van der Waals surface area contributed by atoms with Gasteiger partial charge in [0.15, 0.2) is 5.76 Å². The molecule has 0 fully saturated rings. The van der Waals surface area contributed by atoms with Crippen molar-refractivity contribution in [2.75, 3.05) is 0 Å². The van der Waals surface area contributed by atoms with Crippen LogP contribution in [0.5, 0.6) is 5.95 Å². The van der Waals surface area contributed by atoms with Gasteiger partial charge in [-0.25, -0.2) is 4.79 Å². The molecule has 0 amide bonds. The van der Waals surface area contributed by atoms with Crippen LogP contribution in [0.1, 0.15) is 10.4 Å². The van der Waals surface area contributed by atoms with E-state index in [-0.39, 0.29) is 11.5 Å². The summed E-state index contributed by atoms with van der Waals surface area (Å²) in [5.41, 5.74) is 1.40. The highest BCUT2D eigenvalue weighted by Crippen LogP contribution is 2.36. The number of furan rings is 1. The van der Waals surface area contributed by atoms with Gasteiger partial charge < -0.3 is 14.6 Å². The maximum atomic E-state index is 10.8. The minimum absolute atomic E-state index is 0.191. The Kier molecular flexibility index (Phi) is 2.45. The highest BCUT2D eigenvalue weighted by Gasteiger charge is 2.15. The number of fused-ring (bicyclic) bond motifs is 1. The van der Waals surface area contributed by atoms with Gasteiger partial charge in [0.2, 0.25) is 0 Å². The largest absolute Gasteiger partial charge is 0.480 e. The van der Waals surface area contributed by atoms with Crippen molar-refractivity contribution in [3.8, 4) is 17.3 Å². The summed E-state index contributed by atoms with van der Waals surface area (Å²) in [5, 5.41) is 19.1. The molecule has 2 aromatic heterocycles. The van der Waals surface area contributed by atoms with E-state index >= 15 is 0 Å². The molecule has 5 heteroatoms. The van der Waals surface area contributed by atoms with Crippen molar-refractivity contribution < 1.29 is 19.4 Å². The lowest BCUT2D eigenvalue weighted by Gasteiger charge is -1.98. The molecule has 0 bridgehead atoms. The third-order valence-corrected chi connectivity index (χ3v) is 2.85. The number of hydrogen-bond acceptors (Lipinski definition) is 4. The number of pyridine rings is 1. The maximum Gasteiger partial charge on any atom is 0.335 e. The van der Waals surface area contributed by atoms with Crippen molar-refractivity contribution in [1.29, 1.82) is 0 Å². The van der Waals surface area contributed by atoms with Crippen LogP contribution < -0.4 is 0 Å². The first-order valence-corrected chi connectivity index (χ1v) is 5.57. The van der Waals surface area contributed by atoms with E-state index in [0.29, 0.717) is 22.2 Å². The second kappa shape index (κ2) is 4.13. The van der Waals surface area contributed by atoms with Crippen LogP contribution in [0.2, 0.25) is 0 Å². The Labute approximate surface area is 107 Å². The van der Waals surface area contributed by atoms with Crippen LogP contribution >= 0.6 is 0 Å². The Hall–Kier alpha value is -2.82. The fourth-order valence-corrected chi connectivity index (χ4v) is 1.92. The number of benzene rings is 1. The zero-order valence-electron chi connectivity index (χ0n) is 9.70. The molecule has 0 aliphatic rings. The molecule has 0 saturated carbocycles. The Morgan fingerprint density at radius 3 is 2.58 bits per heavy atom. The van der Waals surface area contributed by atoms with Crippen LogP contribution in [0.15, 0.2) is 47.0 Å². The zero-order valence-corrected chi connectivity index (χ0v) is 9.70. The van der Waals surface area contributed by atoms with Gasteiger partial charge in [-0.15, -0.1) is 0 Å². The van der Waals surface area contributed by atoms with E-state index < -0.39 is 5.97 Å². The number of rotatable bonds is 2. The van der Waals surface area contributed by atoms with E-state index in [0.717, 1.165) is 0 Å². The summed E-state index contributed by atoms with van der Waals surface area (Å²) in [6.07, 6.45) is 1.60. The van der Waals surface area contributed by atoms with Crippen molar-refractivity contribution in [2.24, 2.45) is 0 Å². The van der Waals surface area contributed by atoms with Crippen LogP contribution in [0.25, 0.3) is 22.2 Å². The summed E-state index contributed by atoms with van der Waals surface area (Å²) in [5.74, 6) is -0.762. The molecule has 3 aromatic rings. The first kappa shape index (κ1) is 11.3. The molecule has 0 saturated heterocycles. The van der Waals surface area contributed by atoms with E-state index in [1.54, 1.807) is 30.5 Å². The molecule has 0 aliphatic carbocycles. The SMILES string of the molecule is O=C(O)c1ccc(-c2oc(O)c3cccnc23)cc1. The second-order valence-corrected chi connectivity index (χ2v) is 4.02. The lowest BCUT2D eigenvalue weighted by atomic mass is 10.1. The number of carboxylic acid groups (broad SMARTS) is 1. The summed E-state index contributed by atoms with van der Waals surface area (Å²) in [6.45, 7) is 0. The average Bonchev–Trinajstić information content (AvgIpc) is 2.77. The molecular formula is C14H9NO4. The molecule has 19 heavy (non-hydrogen) atoms. The molecule has 2 N–H and O–H groups in total. The van der Waals surface area contributed by atoms with E-state index in [2.05, 4.69) is 4.98 Å². The van der Waals surface area contributed by atoms with Crippen molar-refractivity contribution >= 4 is 16.9 Å². The lowest BCUT2D eigenvalue weighted by Crippen LogP contribution is -1.94. The van der Waals surface area contributed by atoms with Crippen LogP contribution in [0.4, 0.5) is 0 Å². The minimum Gasteiger partial charge on any atom is -0.480 e. The van der Waals surface area contributed by atoms with Gasteiger partial charge in [-0.3, -0.25) is 4.98 Å². The molecule has 0 spiro atoms. The lowest BCUT2D eigenvalue weighted by molar-refractivity contribution is 0.0697. The molecule has 2 heterocycles. The van der Waals surface area contributed by atoms with Gasteiger partial charge in [0.1, 0.15) is 5.52 Å². The van der Waals surface area contributed by atoms with Crippen molar-refractivity contribution in [2.45, 2.75) is 0 Å². The summed E-state index contributed by atoms with van der Waals surface area (Å²) < 4.78 is 5.30. The number of aromatic carboxylic acids is 1. The molecule has 5 nitrogen and oxygen atoms in total. The second-order valence-electron chi connectivity index (χ2n) is 4.02. The number of carboxylic acids is 1. The van der Waals surface area contributed by atoms with Gasteiger partial charge in [-0.1, -0.05) is 12.1 Å². The molecule has 0 radical (unpaired) electrons. The fourth-order valence-electron chi connectivity index (χ4n) is 1.92. The van der Waals surface area contributed by atoms with Gasteiger partial charge in [0.25, 0.3) is 5.95 Å². The maximum absolute atomic E-state index is 10.8. The van der Waals surface area contributed by atoms with Gasteiger partial charge in [-0.2, -0.15) is 0 Å². The van der Waals surface area contributed by atoms with Gasteiger partial charge in [-0.05, 0) is 24.3 Å². The summed E-state index contributed by atoms with van der Waals surface area (Å²) >= 11 is 0. The summed E-state index contributed by atoms with van der Waals surface area (Å²) in [4.78, 5) is 15.0. The van der Waals surface area contributed by atoms with E-state index in [1.165, 1.54) is 12.1 Å². The normalized spacial score (nSPS) is 10.7. The van der Waals surface area contributed by atoms with E-state index in [4.69, 9.17) is 9.52 Å². The molecule has 1 aromatic carbocycles. The van der Waals surface area contributed by atoms with Crippen LogP contribution in [0.3, 0.4) is 0 Å². The number of aromatic hydroxyl groups is 1. The first-order chi connectivity index (χ1) is 9.16. The quantitative estimate of drug-likeness (QED) is 0.735. The molecule has 0 atom stereocenters. The van der Waals surface area contributed by atoms with Crippen molar-refractivity contribution in [1.82, 2.24) is 4.98 Å². The highest BCUT2D eigenvalue weighted by molar-refractivity contribution is 5.95. The molecule has 0 unspecified atom stereocenters. The predicted molar refractivity (Wildman–Crippen MR) is 68.1 cm³/mol. The minimum atomic E-state index is -0.989. The van der Waals surface area contributed by atoms with Crippen molar-refractivity contribution in [3.05, 3.63) is 48.2 Å². The molecule has 0 aliphatic heterocycles. The van der Waals surface area contributed by atoms with Crippen molar-refractivity contribution in [3.63, 3.8) is 0 Å². The van der Waals surface area contributed by atoms with E-state index in [1.807, 2.05) is 0 Å². The molecular weight excluding hydrogens is 246 g/mol. The monoisotopic (exact) mass is 255 g/mol. The molecule has 3 rings (SSSR count). The number of nitrogens with zero attached hydrogens (tertiary/aromatic N) is 1. The third kappa shape index (κ3) is 1.81. The summed E-state index contributed by atoms with van der Waals surface area (Å²) in [7, 11) is 0. The summed E-state index contributed by atoms with van der Waals surface area (Å²) in [6, 6.07) is 9.61. The van der Waals surface area contributed by atoms with Crippen LogP contribution in [-0.2, 0) is 0 Å². The number of hydrogen-bond donors (Lipinski definition) is 2. The third-order valence-electron chi connectivity index (χ3n) is 2.85. The Morgan fingerprint density at radius 2 is 1.89 bits per heavy atom. The smallest absolute Gasteiger partial charge is 0.335 e. The highest BCUT2D eigenvalue weighted by atomic mass is 16.5. The fraction of sp³-hybridized carbons (Fsp3) is 0. The topological polar surface area (TPSA) is 83.6 Å². The predicted octanol–water partition coefficient (Wildman–Crippen LogP) is 2.90. The van der Waals surface area contributed by atoms with Gasteiger partial charge >= 0.3 is 5.97 Å². The van der Waals surface area contributed by atoms with Gasteiger partial charge in [0, 0.05) is 11.8 Å². The average molecular weight is 255 g/mol. The Bertz CT molecular complexity index is 759. The number of carbonyl (C=O) groups is 1. The van der Waals surface area contributed by atoms with E-state index in [9.17, 15) is 9.90 Å². The standard InChI is InChI=1S/C14H9NO4/c16-13(17)9-5-3-8(4-6-9)12-11-10(14(18)19-12)2-1-7-15-11/h1-7,18H,(H,16,17).